The minimum absolute atomic E-state index is 0.00696. The van der Waals surface area contributed by atoms with Gasteiger partial charge < -0.3 is 14.2 Å². The first-order chi connectivity index (χ1) is 10.4. The van der Waals surface area contributed by atoms with Gasteiger partial charge in [-0.3, -0.25) is 4.79 Å². The molecule has 0 aromatic heterocycles. The molecule has 3 aliphatic carbocycles. The van der Waals surface area contributed by atoms with Crippen molar-refractivity contribution in [3.63, 3.8) is 0 Å². The maximum atomic E-state index is 12.0. The molecule has 2 aliphatic heterocycles. The molecule has 3 saturated carbocycles. The third kappa shape index (κ3) is 1.27. The second-order valence-corrected chi connectivity index (χ2v) is 7.81. The van der Waals surface area contributed by atoms with Crippen molar-refractivity contribution in [2.75, 3.05) is 6.61 Å². The van der Waals surface area contributed by atoms with Crippen molar-refractivity contribution in [1.29, 1.82) is 0 Å². The molecule has 22 heavy (non-hydrogen) atoms. The molecule has 2 heterocycles. The van der Waals surface area contributed by atoms with Crippen LogP contribution >= 0.6 is 0 Å². The normalized spacial score (nSPS) is 53.2. The molecular weight excluding hydrogens is 284 g/mol. The molecule has 0 aromatic rings. The Kier molecular flexibility index (Phi) is 2.14. The van der Waals surface area contributed by atoms with Crippen molar-refractivity contribution in [2.24, 2.45) is 29.1 Å². The van der Waals surface area contributed by atoms with E-state index < -0.39 is 5.79 Å². The lowest BCUT2D eigenvalue weighted by molar-refractivity contribution is -0.147. The topological polar surface area (TPSA) is 65.1 Å². The van der Waals surface area contributed by atoms with E-state index in [4.69, 9.17) is 14.2 Å². The highest BCUT2D eigenvalue weighted by molar-refractivity contribution is 5.93. The Balaban J connectivity index is 1.51. The van der Waals surface area contributed by atoms with Gasteiger partial charge in [0.15, 0.2) is 0 Å². The number of carbonyl (C=O) groups is 2. The van der Waals surface area contributed by atoms with Gasteiger partial charge in [0.05, 0.1) is 6.61 Å². The lowest BCUT2D eigenvalue weighted by Gasteiger charge is -2.40. The Labute approximate surface area is 129 Å². The molecule has 5 aliphatic rings. The summed E-state index contributed by atoms with van der Waals surface area (Å²) in [6.45, 7) is 6.08. The summed E-state index contributed by atoms with van der Waals surface area (Å²) in [6, 6.07) is 0. The minimum atomic E-state index is -0.740. The van der Waals surface area contributed by atoms with Gasteiger partial charge in [0.1, 0.15) is 6.10 Å². The summed E-state index contributed by atoms with van der Waals surface area (Å²) in [5.74, 6) is 0.858. The van der Waals surface area contributed by atoms with Gasteiger partial charge in [-0.25, -0.2) is 4.79 Å². The van der Waals surface area contributed by atoms with Gasteiger partial charge in [-0.1, -0.05) is 6.92 Å². The smallest absolute Gasteiger partial charge is 0.336 e. The van der Waals surface area contributed by atoms with Crippen LogP contribution in [0.25, 0.3) is 0 Å². The zero-order chi connectivity index (χ0) is 15.4. The molecule has 5 nitrogen and oxygen atoms in total. The molecule has 1 saturated heterocycles. The van der Waals surface area contributed by atoms with Gasteiger partial charge >= 0.3 is 11.9 Å². The van der Waals surface area contributed by atoms with Crippen LogP contribution in [0.3, 0.4) is 0 Å². The third-order valence-electron chi connectivity index (χ3n) is 6.98. The average Bonchev–Trinajstić information content (AvgIpc) is 3.32. The Morgan fingerprint density at radius 3 is 2.91 bits per heavy atom. The van der Waals surface area contributed by atoms with Crippen LogP contribution in [0.4, 0.5) is 0 Å². The van der Waals surface area contributed by atoms with Crippen molar-refractivity contribution in [3.8, 4) is 0 Å². The van der Waals surface area contributed by atoms with Crippen LogP contribution in [0.2, 0.25) is 0 Å². The second kappa shape index (κ2) is 3.58. The van der Waals surface area contributed by atoms with Crippen LogP contribution < -0.4 is 0 Å². The van der Waals surface area contributed by atoms with Crippen LogP contribution in [0, 0.1) is 29.1 Å². The molecule has 0 amide bonds. The molecular formula is C17H20O5. The summed E-state index contributed by atoms with van der Waals surface area (Å²) < 4.78 is 16.9. The van der Waals surface area contributed by atoms with Gasteiger partial charge in [0, 0.05) is 23.5 Å². The van der Waals surface area contributed by atoms with Crippen LogP contribution in [-0.2, 0) is 23.8 Å². The monoisotopic (exact) mass is 304 g/mol. The van der Waals surface area contributed by atoms with Crippen LogP contribution in [-0.4, -0.2) is 30.4 Å². The molecule has 0 radical (unpaired) electrons. The number of fused-ring (bicyclic) bond motifs is 4. The molecule has 1 spiro atoms. The van der Waals surface area contributed by atoms with E-state index in [1.54, 1.807) is 0 Å². The number of esters is 2. The number of hydrogen-bond donors (Lipinski definition) is 0. The van der Waals surface area contributed by atoms with Gasteiger partial charge in [0.25, 0.3) is 5.79 Å². The van der Waals surface area contributed by atoms with Gasteiger partial charge in [-0.15, -0.1) is 0 Å². The highest BCUT2D eigenvalue weighted by atomic mass is 16.8. The first-order valence-electron chi connectivity index (χ1n) is 8.14. The first kappa shape index (κ1) is 13.1. The fraction of sp³-hybridized carbons (Fsp3) is 0.765. The van der Waals surface area contributed by atoms with E-state index in [1.165, 1.54) is 13.3 Å². The Hall–Kier alpha value is -1.36. The Morgan fingerprint density at radius 1 is 1.41 bits per heavy atom. The van der Waals surface area contributed by atoms with Gasteiger partial charge in [0.2, 0.25) is 0 Å². The number of epoxide rings is 1. The fourth-order valence-corrected chi connectivity index (χ4v) is 5.81. The summed E-state index contributed by atoms with van der Waals surface area (Å²) in [5.41, 5.74) is 1.81. The maximum absolute atomic E-state index is 12.0. The van der Waals surface area contributed by atoms with Crippen LogP contribution in [0.1, 0.15) is 33.6 Å². The molecule has 4 fully saturated rings. The van der Waals surface area contributed by atoms with Crippen LogP contribution in [0.15, 0.2) is 11.1 Å². The molecule has 7 atom stereocenters. The molecule has 5 rings (SSSR count). The summed E-state index contributed by atoms with van der Waals surface area (Å²) in [7, 11) is 0. The Bertz CT molecular complexity index is 651. The lowest BCUT2D eigenvalue weighted by Crippen LogP contribution is -2.44. The van der Waals surface area contributed by atoms with E-state index in [0.29, 0.717) is 30.3 Å². The van der Waals surface area contributed by atoms with E-state index in [9.17, 15) is 9.59 Å². The predicted octanol–water partition coefficient (Wildman–Crippen LogP) is 1.81. The molecule has 0 N–H and O–H groups in total. The number of rotatable bonds is 2. The predicted molar refractivity (Wildman–Crippen MR) is 74.3 cm³/mol. The zero-order valence-electron chi connectivity index (χ0n) is 13.0. The van der Waals surface area contributed by atoms with E-state index >= 15 is 0 Å². The number of ether oxygens (including phenoxy) is 3. The quantitative estimate of drug-likeness (QED) is 0.575. The molecule has 118 valence electrons. The van der Waals surface area contributed by atoms with Crippen molar-refractivity contribution in [2.45, 2.75) is 45.5 Å². The fourth-order valence-electron chi connectivity index (χ4n) is 5.81. The standard InChI is InChI=1S/C17H20O5/c1-7-11-5-13-10(6-20-8(2)18)9-4-12(9)16(13,3)15-17(11,22-15)21-14(7)19/h9-10,12-13,15H,4-6H2,1-3H3. The zero-order valence-corrected chi connectivity index (χ0v) is 13.0. The summed E-state index contributed by atoms with van der Waals surface area (Å²) in [4.78, 5) is 23.1. The largest absolute Gasteiger partial charge is 0.466 e. The van der Waals surface area contributed by atoms with E-state index in [-0.39, 0.29) is 23.5 Å². The Morgan fingerprint density at radius 2 is 2.18 bits per heavy atom. The molecule has 0 bridgehead atoms. The van der Waals surface area contributed by atoms with Crippen LogP contribution in [0.5, 0.6) is 0 Å². The maximum Gasteiger partial charge on any atom is 0.336 e. The van der Waals surface area contributed by atoms with E-state index in [0.717, 1.165) is 17.6 Å². The van der Waals surface area contributed by atoms with Crippen molar-refractivity contribution >= 4 is 11.9 Å². The number of hydrogen-bond acceptors (Lipinski definition) is 5. The highest BCUT2D eigenvalue weighted by Crippen LogP contribution is 2.78. The van der Waals surface area contributed by atoms with Gasteiger partial charge in [-0.2, -0.15) is 0 Å². The van der Waals surface area contributed by atoms with Gasteiger partial charge in [-0.05, 0) is 43.4 Å². The SMILES string of the molecule is CC(=O)OCC1C2CC2C2(C)C1CC1=C(C)C(=O)OC13OC32. The highest BCUT2D eigenvalue weighted by Gasteiger charge is 2.83. The first-order valence-corrected chi connectivity index (χ1v) is 8.14. The molecule has 7 unspecified atom stereocenters. The van der Waals surface area contributed by atoms with E-state index in [1.807, 2.05) is 6.92 Å². The second-order valence-electron chi connectivity index (χ2n) is 7.81. The molecule has 0 aromatic carbocycles. The van der Waals surface area contributed by atoms with Crippen molar-refractivity contribution in [1.82, 2.24) is 0 Å². The van der Waals surface area contributed by atoms with E-state index in [2.05, 4.69) is 6.92 Å². The number of carbonyl (C=O) groups excluding carboxylic acids is 2. The molecule has 5 heteroatoms. The summed E-state index contributed by atoms with van der Waals surface area (Å²) in [5, 5.41) is 0. The minimum Gasteiger partial charge on any atom is -0.466 e. The lowest BCUT2D eigenvalue weighted by atomic mass is 9.62. The average molecular weight is 304 g/mol. The summed E-state index contributed by atoms with van der Waals surface area (Å²) in [6.07, 6.45) is 2.01. The third-order valence-corrected chi connectivity index (χ3v) is 6.98. The van der Waals surface area contributed by atoms with Crippen molar-refractivity contribution < 1.29 is 23.8 Å². The van der Waals surface area contributed by atoms with Crippen molar-refractivity contribution in [3.05, 3.63) is 11.1 Å². The summed E-state index contributed by atoms with van der Waals surface area (Å²) >= 11 is 0.